The normalized spacial score (nSPS) is 12.5. The molecule has 1 heterocycles. The van der Waals surface area contributed by atoms with Crippen molar-refractivity contribution in [2.45, 2.75) is 33.2 Å². The second-order valence-electron chi connectivity index (χ2n) is 4.95. The smallest absolute Gasteiger partial charge is 0.244 e. The van der Waals surface area contributed by atoms with E-state index in [1.165, 1.54) is 11.6 Å². The number of carbonyl (C=O) groups is 1. The summed E-state index contributed by atoms with van der Waals surface area (Å²) in [7, 11) is 0. The van der Waals surface area contributed by atoms with E-state index in [0.29, 0.717) is 0 Å². The van der Waals surface area contributed by atoms with Crippen molar-refractivity contribution in [2.24, 2.45) is 0 Å². The van der Waals surface area contributed by atoms with Gasteiger partial charge in [0.05, 0.1) is 16.7 Å². The Kier molecular flexibility index (Phi) is 5.28. The third kappa shape index (κ3) is 4.53. The first kappa shape index (κ1) is 15.4. The molecule has 0 spiro atoms. The molecule has 0 aliphatic heterocycles. The average Bonchev–Trinajstić information content (AvgIpc) is 2.91. The summed E-state index contributed by atoms with van der Waals surface area (Å²) < 4.78 is 0. The van der Waals surface area contributed by atoms with Gasteiger partial charge in [0, 0.05) is 11.5 Å². The largest absolute Gasteiger partial charge is 0.346 e. The van der Waals surface area contributed by atoms with E-state index in [-0.39, 0.29) is 11.9 Å². The van der Waals surface area contributed by atoms with Crippen molar-refractivity contribution >= 4 is 23.3 Å². The van der Waals surface area contributed by atoms with E-state index in [1.54, 1.807) is 17.4 Å². The summed E-state index contributed by atoms with van der Waals surface area (Å²) in [6, 6.07) is 8.33. The zero-order valence-corrected chi connectivity index (χ0v) is 13.4. The average molecular weight is 300 g/mol. The number of nitrogens with zero attached hydrogens (tertiary/aromatic N) is 1. The molecule has 110 valence electrons. The van der Waals surface area contributed by atoms with Crippen molar-refractivity contribution in [3.05, 3.63) is 57.6 Å². The highest BCUT2D eigenvalue weighted by Gasteiger charge is 2.07. The van der Waals surface area contributed by atoms with Crippen molar-refractivity contribution < 1.29 is 4.79 Å². The first-order valence-corrected chi connectivity index (χ1v) is 7.96. The molecule has 0 saturated heterocycles. The van der Waals surface area contributed by atoms with E-state index >= 15 is 0 Å². The number of rotatable bonds is 5. The van der Waals surface area contributed by atoms with Gasteiger partial charge in [-0.3, -0.25) is 4.79 Å². The number of hydrogen-bond donors (Lipinski definition) is 1. The van der Waals surface area contributed by atoms with Gasteiger partial charge in [0.25, 0.3) is 0 Å². The number of benzene rings is 1. The molecule has 1 aromatic heterocycles. The Labute approximate surface area is 129 Å². The molecule has 0 fully saturated rings. The second-order valence-corrected chi connectivity index (χ2v) is 6.01. The second kappa shape index (κ2) is 7.18. The quantitative estimate of drug-likeness (QED) is 0.851. The van der Waals surface area contributed by atoms with Crippen LogP contribution in [0.4, 0.5) is 0 Å². The van der Waals surface area contributed by atoms with Gasteiger partial charge in [-0.2, -0.15) is 0 Å². The van der Waals surface area contributed by atoms with Crippen molar-refractivity contribution in [1.82, 2.24) is 10.3 Å². The van der Waals surface area contributed by atoms with Gasteiger partial charge in [-0.25, -0.2) is 4.98 Å². The molecule has 0 radical (unpaired) electrons. The van der Waals surface area contributed by atoms with Crippen molar-refractivity contribution in [1.29, 1.82) is 0 Å². The van der Waals surface area contributed by atoms with Crippen LogP contribution in [0.3, 0.4) is 0 Å². The number of nitrogens with one attached hydrogen (secondary N) is 1. The van der Waals surface area contributed by atoms with Crippen molar-refractivity contribution in [3.63, 3.8) is 0 Å². The van der Waals surface area contributed by atoms with Crippen LogP contribution in [0.15, 0.2) is 35.7 Å². The van der Waals surface area contributed by atoms with Gasteiger partial charge in [-0.1, -0.05) is 31.2 Å². The number of amides is 1. The van der Waals surface area contributed by atoms with E-state index in [2.05, 4.69) is 41.5 Å². The maximum Gasteiger partial charge on any atom is 0.244 e. The number of hydrogen-bond acceptors (Lipinski definition) is 3. The SMILES string of the molecule is CCc1ccc(C(C)NC(=O)/C=C/c2csc(C)n2)cc1. The van der Waals surface area contributed by atoms with Gasteiger partial charge in [0.15, 0.2) is 0 Å². The summed E-state index contributed by atoms with van der Waals surface area (Å²) in [4.78, 5) is 16.2. The third-order valence-corrected chi connectivity index (χ3v) is 4.08. The molecule has 1 amide bonds. The Morgan fingerprint density at radius 3 is 2.67 bits per heavy atom. The fraction of sp³-hybridized carbons (Fsp3) is 0.294. The van der Waals surface area contributed by atoms with Crippen LogP contribution < -0.4 is 5.32 Å². The fourth-order valence-electron chi connectivity index (χ4n) is 2.00. The lowest BCUT2D eigenvalue weighted by molar-refractivity contribution is -0.117. The summed E-state index contributed by atoms with van der Waals surface area (Å²) >= 11 is 1.58. The molecule has 1 unspecified atom stereocenters. The molecule has 0 saturated carbocycles. The van der Waals surface area contributed by atoms with E-state index < -0.39 is 0 Å². The van der Waals surface area contributed by atoms with Crippen LogP contribution in [0.5, 0.6) is 0 Å². The van der Waals surface area contributed by atoms with Crippen LogP contribution in [-0.2, 0) is 11.2 Å². The lowest BCUT2D eigenvalue weighted by Crippen LogP contribution is -2.24. The van der Waals surface area contributed by atoms with Crippen LogP contribution in [0, 0.1) is 6.92 Å². The monoisotopic (exact) mass is 300 g/mol. The predicted octanol–water partition coefficient (Wildman–Crippen LogP) is 3.90. The molecule has 2 aromatic rings. The lowest BCUT2D eigenvalue weighted by Gasteiger charge is -2.13. The van der Waals surface area contributed by atoms with Gasteiger partial charge in [0.1, 0.15) is 0 Å². The summed E-state index contributed by atoms with van der Waals surface area (Å²) in [5, 5.41) is 5.90. The van der Waals surface area contributed by atoms with Crippen molar-refractivity contribution in [3.8, 4) is 0 Å². The Bertz CT molecular complexity index is 628. The Balaban J connectivity index is 1.93. The Morgan fingerprint density at radius 2 is 2.10 bits per heavy atom. The molecule has 0 bridgehead atoms. The fourth-order valence-corrected chi connectivity index (χ4v) is 2.59. The highest BCUT2D eigenvalue weighted by atomic mass is 32.1. The first-order chi connectivity index (χ1) is 10.1. The molecule has 1 aromatic carbocycles. The lowest BCUT2D eigenvalue weighted by atomic mass is 10.1. The van der Waals surface area contributed by atoms with Crippen molar-refractivity contribution in [2.75, 3.05) is 0 Å². The molecule has 2 rings (SSSR count). The maximum absolute atomic E-state index is 11.9. The molecule has 3 nitrogen and oxygen atoms in total. The zero-order chi connectivity index (χ0) is 15.2. The summed E-state index contributed by atoms with van der Waals surface area (Å²) in [5.41, 5.74) is 3.24. The molecule has 0 aliphatic carbocycles. The zero-order valence-electron chi connectivity index (χ0n) is 12.6. The molecule has 4 heteroatoms. The topological polar surface area (TPSA) is 42.0 Å². The van der Waals surface area contributed by atoms with Crippen LogP contribution >= 0.6 is 11.3 Å². The molecule has 1 atom stereocenters. The van der Waals surface area contributed by atoms with Gasteiger partial charge in [0.2, 0.25) is 5.91 Å². The molecular formula is C17H20N2OS. The molecule has 1 N–H and O–H groups in total. The summed E-state index contributed by atoms with van der Waals surface area (Å²) in [5.74, 6) is -0.104. The van der Waals surface area contributed by atoms with E-state index in [9.17, 15) is 4.79 Å². The van der Waals surface area contributed by atoms with Gasteiger partial charge < -0.3 is 5.32 Å². The van der Waals surface area contributed by atoms with Crippen LogP contribution in [0.1, 0.15) is 41.7 Å². The van der Waals surface area contributed by atoms with Gasteiger partial charge >= 0.3 is 0 Å². The standard InChI is InChI=1S/C17H20N2OS/c1-4-14-5-7-15(8-6-14)12(2)18-17(20)10-9-16-11-21-13(3)19-16/h5-12H,4H2,1-3H3,(H,18,20)/b10-9+. The minimum Gasteiger partial charge on any atom is -0.346 e. The minimum atomic E-state index is -0.104. The summed E-state index contributed by atoms with van der Waals surface area (Å²) in [6.07, 6.45) is 4.30. The highest BCUT2D eigenvalue weighted by molar-refractivity contribution is 7.09. The highest BCUT2D eigenvalue weighted by Crippen LogP contribution is 2.14. The molecular weight excluding hydrogens is 280 g/mol. The van der Waals surface area contributed by atoms with Gasteiger partial charge in [-0.05, 0) is 37.5 Å². The van der Waals surface area contributed by atoms with Crippen LogP contribution in [0.25, 0.3) is 6.08 Å². The number of carbonyl (C=O) groups excluding carboxylic acids is 1. The minimum absolute atomic E-state index is 0.00905. The Hall–Kier alpha value is -1.94. The number of aromatic nitrogens is 1. The van der Waals surface area contributed by atoms with Crippen LogP contribution in [-0.4, -0.2) is 10.9 Å². The molecule has 0 aliphatic rings. The Morgan fingerprint density at radius 1 is 1.38 bits per heavy atom. The maximum atomic E-state index is 11.9. The third-order valence-electron chi connectivity index (χ3n) is 3.29. The van der Waals surface area contributed by atoms with Gasteiger partial charge in [-0.15, -0.1) is 11.3 Å². The first-order valence-electron chi connectivity index (χ1n) is 7.08. The number of thiazole rings is 1. The van der Waals surface area contributed by atoms with E-state index in [4.69, 9.17) is 0 Å². The van der Waals surface area contributed by atoms with Crippen LogP contribution in [0.2, 0.25) is 0 Å². The predicted molar refractivity (Wildman–Crippen MR) is 88.3 cm³/mol. The van der Waals surface area contributed by atoms with E-state index in [0.717, 1.165) is 22.7 Å². The molecule has 21 heavy (non-hydrogen) atoms. The van der Waals surface area contributed by atoms with E-state index in [1.807, 2.05) is 19.2 Å². The number of aryl methyl sites for hydroxylation is 2. The summed E-state index contributed by atoms with van der Waals surface area (Å²) in [6.45, 7) is 6.06.